The van der Waals surface area contributed by atoms with Crippen LogP contribution < -0.4 is 10.6 Å². The number of aryl methyl sites for hydroxylation is 2. The van der Waals surface area contributed by atoms with Gasteiger partial charge < -0.3 is 10.6 Å². The Morgan fingerprint density at radius 1 is 0.367 bits per heavy atom. The van der Waals surface area contributed by atoms with Crippen molar-refractivity contribution in [3.63, 3.8) is 0 Å². The first kappa shape index (κ1) is 21.2. The molecular formula is C28H30N2. The molecule has 4 aromatic rings. The fourth-order valence-corrected chi connectivity index (χ4v) is 3.10. The number of rotatable bonds is 5. The smallest absolute Gasteiger partial charge is 0.0384 e. The SMILES string of the molecule is CC.Cc1ccc(Nc2ccc(-c3ccc(Nc4ccc(C)cc4)cc3)cc2)cc1. The second kappa shape index (κ2) is 10.3. The molecule has 0 radical (unpaired) electrons. The maximum atomic E-state index is 3.44. The molecule has 0 heterocycles. The highest BCUT2D eigenvalue weighted by Gasteiger charge is 2.01. The summed E-state index contributed by atoms with van der Waals surface area (Å²) in [5.74, 6) is 0. The van der Waals surface area contributed by atoms with E-state index in [0.29, 0.717) is 0 Å². The zero-order chi connectivity index (χ0) is 21.3. The third kappa shape index (κ3) is 5.74. The zero-order valence-corrected chi connectivity index (χ0v) is 18.2. The summed E-state index contributed by atoms with van der Waals surface area (Å²) in [6, 6.07) is 33.9. The summed E-state index contributed by atoms with van der Waals surface area (Å²) < 4.78 is 0. The Bertz CT molecular complexity index is 941. The Hall–Kier alpha value is -3.52. The summed E-state index contributed by atoms with van der Waals surface area (Å²) >= 11 is 0. The molecule has 30 heavy (non-hydrogen) atoms. The van der Waals surface area contributed by atoms with E-state index in [1.807, 2.05) is 13.8 Å². The summed E-state index contributed by atoms with van der Waals surface area (Å²) in [6.45, 7) is 8.19. The molecule has 2 heteroatoms. The number of hydrogen-bond donors (Lipinski definition) is 2. The van der Waals surface area contributed by atoms with Crippen molar-refractivity contribution in [3.8, 4) is 11.1 Å². The number of hydrogen-bond acceptors (Lipinski definition) is 2. The molecule has 2 nitrogen and oxygen atoms in total. The van der Waals surface area contributed by atoms with E-state index in [1.165, 1.54) is 22.3 Å². The van der Waals surface area contributed by atoms with Gasteiger partial charge in [-0.1, -0.05) is 73.5 Å². The Labute approximate surface area is 180 Å². The van der Waals surface area contributed by atoms with Crippen LogP contribution in [0.25, 0.3) is 11.1 Å². The van der Waals surface area contributed by atoms with Gasteiger partial charge in [0.1, 0.15) is 0 Å². The van der Waals surface area contributed by atoms with Crippen LogP contribution >= 0.6 is 0 Å². The Balaban J connectivity index is 0.00000124. The molecule has 0 aliphatic rings. The van der Waals surface area contributed by atoms with Crippen molar-refractivity contribution in [1.29, 1.82) is 0 Å². The standard InChI is InChI=1S/C26H24N2.C2H6/c1-19-3-11-23(12-4-19)27-25-15-7-21(8-16-25)22-9-17-26(18-10-22)28-24-13-5-20(2)6-14-24;1-2/h3-18,27-28H,1-2H3;1-2H3. The van der Waals surface area contributed by atoms with E-state index in [1.54, 1.807) is 0 Å². The van der Waals surface area contributed by atoms with E-state index in [-0.39, 0.29) is 0 Å². The monoisotopic (exact) mass is 394 g/mol. The first-order valence-electron chi connectivity index (χ1n) is 10.5. The largest absolute Gasteiger partial charge is 0.356 e. The van der Waals surface area contributed by atoms with E-state index in [0.717, 1.165) is 22.7 Å². The molecule has 0 saturated carbocycles. The van der Waals surface area contributed by atoms with Gasteiger partial charge in [0.15, 0.2) is 0 Å². The molecule has 0 fully saturated rings. The second-order valence-electron chi connectivity index (χ2n) is 7.14. The van der Waals surface area contributed by atoms with Crippen molar-refractivity contribution in [2.75, 3.05) is 10.6 Å². The minimum Gasteiger partial charge on any atom is -0.356 e. The molecular weight excluding hydrogens is 364 g/mol. The van der Waals surface area contributed by atoms with E-state index in [2.05, 4.69) is 122 Å². The summed E-state index contributed by atoms with van der Waals surface area (Å²) in [5, 5.41) is 6.88. The third-order valence-corrected chi connectivity index (χ3v) is 4.78. The predicted octanol–water partition coefficient (Wildman–Crippen LogP) is 8.48. The van der Waals surface area contributed by atoms with Crippen LogP contribution in [0.3, 0.4) is 0 Å². The number of benzene rings is 4. The first-order valence-corrected chi connectivity index (χ1v) is 10.5. The molecule has 4 rings (SSSR count). The lowest BCUT2D eigenvalue weighted by atomic mass is 10.0. The van der Waals surface area contributed by atoms with E-state index < -0.39 is 0 Å². The molecule has 0 amide bonds. The maximum absolute atomic E-state index is 3.44. The zero-order valence-electron chi connectivity index (χ0n) is 18.2. The van der Waals surface area contributed by atoms with Gasteiger partial charge in [-0.05, 0) is 73.5 Å². The molecule has 0 bridgehead atoms. The van der Waals surface area contributed by atoms with Crippen molar-refractivity contribution in [1.82, 2.24) is 0 Å². The molecule has 2 N–H and O–H groups in total. The van der Waals surface area contributed by atoms with Gasteiger partial charge in [0, 0.05) is 22.7 Å². The van der Waals surface area contributed by atoms with Gasteiger partial charge in [-0.3, -0.25) is 0 Å². The highest BCUT2D eigenvalue weighted by molar-refractivity contribution is 5.71. The molecule has 0 spiro atoms. The fraction of sp³-hybridized carbons (Fsp3) is 0.143. The Morgan fingerprint density at radius 2 is 0.600 bits per heavy atom. The molecule has 152 valence electrons. The van der Waals surface area contributed by atoms with Crippen molar-refractivity contribution >= 4 is 22.7 Å². The topological polar surface area (TPSA) is 24.1 Å². The van der Waals surface area contributed by atoms with Gasteiger partial charge in [-0.2, -0.15) is 0 Å². The normalized spacial score (nSPS) is 10.0. The quantitative estimate of drug-likeness (QED) is 0.354. The van der Waals surface area contributed by atoms with Crippen molar-refractivity contribution < 1.29 is 0 Å². The average molecular weight is 395 g/mol. The first-order chi connectivity index (χ1) is 14.7. The lowest BCUT2D eigenvalue weighted by molar-refractivity contribution is 1.45. The van der Waals surface area contributed by atoms with Crippen LogP contribution in [0.2, 0.25) is 0 Å². The van der Waals surface area contributed by atoms with E-state index >= 15 is 0 Å². The molecule has 0 aliphatic carbocycles. The van der Waals surface area contributed by atoms with Crippen molar-refractivity contribution in [3.05, 3.63) is 108 Å². The summed E-state index contributed by atoms with van der Waals surface area (Å²) in [5.41, 5.74) is 9.32. The van der Waals surface area contributed by atoms with E-state index in [9.17, 15) is 0 Å². The van der Waals surface area contributed by atoms with Crippen LogP contribution in [-0.2, 0) is 0 Å². The highest BCUT2D eigenvalue weighted by Crippen LogP contribution is 2.26. The lowest BCUT2D eigenvalue weighted by Crippen LogP contribution is -1.91. The van der Waals surface area contributed by atoms with Crippen LogP contribution in [0.15, 0.2) is 97.1 Å². The van der Waals surface area contributed by atoms with E-state index in [4.69, 9.17) is 0 Å². The minimum absolute atomic E-state index is 1.09. The van der Waals surface area contributed by atoms with Gasteiger partial charge in [-0.15, -0.1) is 0 Å². The van der Waals surface area contributed by atoms with Crippen LogP contribution in [0.4, 0.5) is 22.7 Å². The van der Waals surface area contributed by atoms with Gasteiger partial charge in [0.2, 0.25) is 0 Å². The molecule has 0 aliphatic heterocycles. The maximum Gasteiger partial charge on any atom is 0.0384 e. The van der Waals surface area contributed by atoms with Gasteiger partial charge in [0.05, 0.1) is 0 Å². The fourth-order valence-electron chi connectivity index (χ4n) is 3.10. The molecule has 0 atom stereocenters. The summed E-state index contributed by atoms with van der Waals surface area (Å²) in [6.07, 6.45) is 0. The van der Waals surface area contributed by atoms with Crippen LogP contribution in [0.5, 0.6) is 0 Å². The molecule has 0 saturated heterocycles. The number of anilines is 4. The minimum atomic E-state index is 1.09. The Morgan fingerprint density at radius 3 is 0.867 bits per heavy atom. The molecule has 0 aromatic heterocycles. The van der Waals surface area contributed by atoms with Gasteiger partial charge in [-0.25, -0.2) is 0 Å². The molecule has 0 unspecified atom stereocenters. The molecule has 4 aromatic carbocycles. The third-order valence-electron chi connectivity index (χ3n) is 4.78. The van der Waals surface area contributed by atoms with Gasteiger partial charge >= 0.3 is 0 Å². The van der Waals surface area contributed by atoms with Gasteiger partial charge in [0.25, 0.3) is 0 Å². The van der Waals surface area contributed by atoms with Crippen LogP contribution in [-0.4, -0.2) is 0 Å². The number of nitrogens with one attached hydrogen (secondary N) is 2. The van der Waals surface area contributed by atoms with Crippen LogP contribution in [0.1, 0.15) is 25.0 Å². The Kier molecular flexibility index (Phi) is 7.29. The summed E-state index contributed by atoms with van der Waals surface area (Å²) in [4.78, 5) is 0. The second-order valence-corrected chi connectivity index (χ2v) is 7.14. The highest BCUT2D eigenvalue weighted by atomic mass is 14.9. The van der Waals surface area contributed by atoms with Crippen molar-refractivity contribution in [2.24, 2.45) is 0 Å². The van der Waals surface area contributed by atoms with Crippen molar-refractivity contribution in [2.45, 2.75) is 27.7 Å². The average Bonchev–Trinajstić information content (AvgIpc) is 2.79. The predicted molar refractivity (Wildman–Crippen MR) is 132 cm³/mol. The lowest BCUT2D eigenvalue weighted by Gasteiger charge is -2.10. The van der Waals surface area contributed by atoms with Crippen LogP contribution in [0, 0.1) is 13.8 Å². The summed E-state index contributed by atoms with van der Waals surface area (Å²) in [7, 11) is 0.